The summed E-state index contributed by atoms with van der Waals surface area (Å²) in [7, 11) is -3.46. The van der Waals surface area contributed by atoms with E-state index < -0.39 is 10.0 Å². The molecule has 0 amide bonds. The maximum atomic E-state index is 10.5. The molecule has 0 aliphatic carbocycles. The van der Waals surface area contributed by atoms with E-state index in [1.165, 1.54) is 0 Å². The summed E-state index contributed by atoms with van der Waals surface area (Å²) >= 11 is 0. The van der Waals surface area contributed by atoms with E-state index in [4.69, 9.17) is 9.56 Å². The van der Waals surface area contributed by atoms with Gasteiger partial charge < -0.3 is 4.42 Å². The SMILES string of the molecule is Cc1ccc(CS(N)(=O)=O)o1. The van der Waals surface area contributed by atoms with E-state index in [0.717, 1.165) is 0 Å². The highest BCUT2D eigenvalue weighted by Gasteiger charge is 2.07. The molecule has 1 heterocycles. The minimum atomic E-state index is -3.46. The molecule has 1 aromatic heterocycles. The first-order valence-corrected chi connectivity index (χ1v) is 4.75. The van der Waals surface area contributed by atoms with Gasteiger partial charge >= 0.3 is 0 Å². The smallest absolute Gasteiger partial charge is 0.216 e. The van der Waals surface area contributed by atoms with Crippen molar-refractivity contribution in [3.63, 3.8) is 0 Å². The fourth-order valence-corrected chi connectivity index (χ4v) is 1.31. The van der Waals surface area contributed by atoms with Crippen LogP contribution in [0, 0.1) is 6.92 Å². The van der Waals surface area contributed by atoms with Crippen molar-refractivity contribution in [1.82, 2.24) is 0 Å². The van der Waals surface area contributed by atoms with E-state index >= 15 is 0 Å². The van der Waals surface area contributed by atoms with Crippen LogP contribution in [0.15, 0.2) is 16.5 Å². The van der Waals surface area contributed by atoms with Gasteiger partial charge in [0.25, 0.3) is 0 Å². The Morgan fingerprint density at radius 1 is 1.55 bits per heavy atom. The molecule has 0 saturated heterocycles. The first kappa shape index (κ1) is 8.29. The lowest BCUT2D eigenvalue weighted by Crippen LogP contribution is -2.13. The molecular weight excluding hydrogens is 166 g/mol. The predicted molar refractivity (Wildman–Crippen MR) is 40.3 cm³/mol. The monoisotopic (exact) mass is 175 g/mol. The summed E-state index contributed by atoms with van der Waals surface area (Å²) < 4.78 is 26.1. The van der Waals surface area contributed by atoms with Crippen LogP contribution in [-0.2, 0) is 15.8 Å². The molecule has 1 rings (SSSR count). The van der Waals surface area contributed by atoms with Crippen molar-refractivity contribution in [1.29, 1.82) is 0 Å². The lowest BCUT2D eigenvalue weighted by molar-refractivity contribution is 0.495. The second-order valence-corrected chi connectivity index (χ2v) is 3.93. The Morgan fingerprint density at radius 2 is 2.18 bits per heavy atom. The molecular formula is C6H9NO3S. The average molecular weight is 175 g/mol. The minimum absolute atomic E-state index is 0.235. The van der Waals surface area contributed by atoms with E-state index in [-0.39, 0.29) is 5.75 Å². The number of hydrogen-bond donors (Lipinski definition) is 1. The molecule has 0 atom stereocenters. The van der Waals surface area contributed by atoms with Gasteiger partial charge in [0.1, 0.15) is 17.3 Å². The molecule has 0 aliphatic heterocycles. The lowest BCUT2D eigenvalue weighted by atomic mass is 10.5. The minimum Gasteiger partial charge on any atom is -0.465 e. The van der Waals surface area contributed by atoms with Crippen molar-refractivity contribution < 1.29 is 12.8 Å². The van der Waals surface area contributed by atoms with Gasteiger partial charge in [-0.2, -0.15) is 0 Å². The molecule has 0 saturated carbocycles. The number of aryl methyl sites for hydroxylation is 1. The highest BCUT2D eigenvalue weighted by atomic mass is 32.2. The van der Waals surface area contributed by atoms with Gasteiger partial charge in [0.05, 0.1) is 0 Å². The van der Waals surface area contributed by atoms with E-state index in [9.17, 15) is 8.42 Å². The zero-order chi connectivity index (χ0) is 8.48. The number of sulfonamides is 1. The first-order chi connectivity index (χ1) is 4.97. The molecule has 11 heavy (non-hydrogen) atoms. The van der Waals surface area contributed by atoms with Crippen molar-refractivity contribution >= 4 is 10.0 Å². The van der Waals surface area contributed by atoms with E-state index in [1.54, 1.807) is 19.1 Å². The predicted octanol–water partition coefficient (Wildman–Crippen LogP) is 0.377. The zero-order valence-electron chi connectivity index (χ0n) is 6.07. The number of nitrogens with two attached hydrogens (primary N) is 1. The Hall–Kier alpha value is -0.810. The lowest BCUT2D eigenvalue weighted by Gasteiger charge is -1.91. The van der Waals surface area contributed by atoms with Crippen LogP contribution >= 0.6 is 0 Å². The number of hydrogen-bond acceptors (Lipinski definition) is 3. The fourth-order valence-electron chi connectivity index (χ4n) is 0.761. The van der Waals surface area contributed by atoms with E-state index in [2.05, 4.69) is 0 Å². The van der Waals surface area contributed by atoms with Crippen LogP contribution in [0.3, 0.4) is 0 Å². The fraction of sp³-hybridized carbons (Fsp3) is 0.333. The Bertz CT molecular complexity index is 338. The van der Waals surface area contributed by atoms with Crippen LogP contribution in [0.2, 0.25) is 0 Å². The highest BCUT2D eigenvalue weighted by Crippen LogP contribution is 2.08. The summed E-state index contributed by atoms with van der Waals surface area (Å²) in [6, 6.07) is 3.29. The summed E-state index contributed by atoms with van der Waals surface area (Å²) in [6.07, 6.45) is 0. The van der Waals surface area contributed by atoms with Crippen molar-refractivity contribution in [2.75, 3.05) is 0 Å². The molecule has 0 aromatic carbocycles. The molecule has 0 aliphatic rings. The van der Waals surface area contributed by atoms with Crippen LogP contribution in [0.5, 0.6) is 0 Å². The number of primary sulfonamides is 1. The first-order valence-electron chi connectivity index (χ1n) is 3.03. The maximum Gasteiger partial charge on any atom is 0.216 e. The van der Waals surface area contributed by atoms with Gasteiger partial charge in [0.2, 0.25) is 10.0 Å². The van der Waals surface area contributed by atoms with Crippen LogP contribution in [-0.4, -0.2) is 8.42 Å². The van der Waals surface area contributed by atoms with Crippen LogP contribution in [0.25, 0.3) is 0 Å². The Morgan fingerprint density at radius 3 is 2.55 bits per heavy atom. The zero-order valence-corrected chi connectivity index (χ0v) is 6.89. The third-order valence-electron chi connectivity index (χ3n) is 1.14. The summed E-state index contributed by atoms with van der Waals surface area (Å²) in [5, 5.41) is 4.79. The van der Waals surface area contributed by atoms with Crippen molar-refractivity contribution in [3.05, 3.63) is 23.7 Å². The quantitative estimate of drug-likeness (QED) is 0.706. The van der Waals surface area contributed by atoms with Gasteiger partial charge in [0, 0.05) is 0 Å². The van der Waals surface area contributed by atoms with Gasteiger partial charge in [0.15, 0.2) is 0 Å². The molecule has 1 aromatic rings. The van der Waals surface area contributed by atoms with Gasteiger partial charge in [-0.25, -0.2) is 13.6 Å². The van der Waals surface area contributed by atoms with Crippen molar-refractivity contribution in [2.45, 2.75) is 12.7 Å². The topological polar surface area (TPSA) is 73.3 Å². The highest BCUT2D eigenvalue weighted by molar-refractivity contribution is 7.88. The average Bonchev–Trinajstić information content (AvgIpc) is 2.10. The third kappa shape index (κ3) is 2.73. The molecule has 0 unspecified atom stereocenters. The third-order valence-corrected chi connectivity index (χ3v) is 1.83. The summed E-state index contributed by atoms with van der Waals surface area (Å²) in [5.41, 5.74) is 0. The summed E-state index contributed by atoms with van der Waals surface area (Å²) in [6.45, 7) is 1.74. The number of furan rings is 1. The second-order valence-electron chi connectivity index (χ2n) is 2.32. The molecule has 62 valence electrons. The normalized spacial score (nSPS) is 11.8. The second kappa shape index (κ2) is 2.67. The van der Waals surface area contributed by atoms with Crippen LogP contribution in [0.1, 0.15) is 11.5 Å². The van der Waals surface area contributed by atoms with Gasteiger partial charge in [-0.1, -0.05) is 0 Å². The molecule has 0 radical (unpaired) electrons. The molecule has 2 N–H and O–H groups in total. The van der Waals surface area contributed by atoms with Crippen molar-refractivity contribution in [3.8, 4) is 0 Å². The largest absolute Gasteiger partial charge is 0.465 e. The standard InChI is InChI=1S/C6H9NO3S/c1-5-2-3-6(10-5)4-11(7,8)9/h2-3H,4H2,1H3,(H2,7,8,9). The van der Waals surface area contributed by atoms with Crippen LogP contribution in [0.4, 0.5) is 0 Å². The molecule has 0 fully saturated rings. The van der Waals surface area contributed by atoms with Gasteiger partial charge in [-0.05, 0) is 19.1 Å². The summed E-state index contributed by atoms with van der Waals surface area (Å²) in [5.74, 6) is 0.828. The summed E-state index contributed by atoms with van der Waals surface area (Å²) in [4.78, 5) is 0. The Labute approximate surface area is 65.1 Å². The maximum absolute atomic E-state index is 10.5. The molecule has 4 nitrogen and oxygen atoms in total. The number of rotatable bonds is 2. The van der Waals surface area contributed by atoms with Crippen LogP contribution < -0.4 is 5.14 Å². The molecule has 0 spiro atoms. The van der Waals surface area contributed by atoms with Crippen molar-refractivity contribution in [2.24, 2.45) is 5.14 Å². The molecule has 5 heteroatoms. The molecule has 0 bridgehead atoms. The van der Waals surface area contributed by atoms with Gasteiger partial charge in [-0.15, -0.1) is 0 Å². The van der Waals surface area contributed by atoms with Gasteiger partial charge in [-0.3, -0.25) is 0 Å². The van der Waals surface area contributed by atoms with E-state index in [0.29, 0.717) is 11.5 Å². The Kier molecular flexibility index (Phi) is 2.01. The van der Waals surface area contributed by atoms with E-state index in [1.807, 2.05) is 0 Å². The Balaban J connectivity index is 2.81.